The van der Waals surface area contributed by atoms with Crippen molar-refractivity contribution < 1.29 is 14.7 Å². The Bertz CT molecular complexity index is 452. The predicted octanol–water partition coefficient (Wildman–Crippen LogP) is 2.55. The molecule has 1 saturated carbocycles. The van der Waals surface area contributed by atoms with Crippen LogP contribution in [-0.4, -0.2) is 23.5 Å². The van der Waals surface area contributed by atoms with E-state index in [1.807, 2.05) is 6.07 Å². The first-order valence-electron chi connectivity index (χ1n) is 7.24. The van der Waals surface area contributed by atoms with Crippen molar-refractivity contribution in [1.29, 1.82) is 0 Å². The summed E-state index contributed by atoms with van der Waals surface area (Å²) in [7, 11) is 0. The lowest BCUT2D eigenvalue weighted by atomic mass is 9.89. The maximum Gasteiger partial charge on any atom is 0.320 e. The van der Waals surface area contributed by atoms with Crippen LogP contribution in [0.3, 0.4) is 0 Å². The van der Waals surface area contributed by atoms with E-state index in [-0.39, 0.29) is 0 Å². The number of benzene rings is 1. The fourth-order valence-electron chi connectivity index (χ4n) is 2.79. The van der Waals surface area contributed by atoms with E-state index in [1.165, 1.54) is 19.3 Å². The summed E-state index contributed by atoms with van der Waals surface area (Å²) in [5.74, 6) is -2.12. The molecule has 0 heterocycles. The fraction of sp³-hybridized carbons (Fsp3) is 0.500. The molecule has 0 aromatic heterocycles. The van der Waals surface area contributed by atoms with Crippen molar-refractivity contribution in [1.82, 2.24) is 5.32 Å². The van der Waals surface area contributed by atoms with Gasteiger partial charge in [-0.25, -0.2) is 0 Å². The molecule has 1 unspecified atom stereocenters. The summed E-state index contributed by atoms with van der Waals surface area (Å²) in [5, 5.41) is 12.1. The van der Waals surface area contributed by atoms with Gasteiger partial charge in [0, 0.05) is 6.54 Å². The monoisotopic (exact) mass is 275 g/mol. The van der Waals surface area contributed by atoms with Crippen molar-refractivity contribution in [2.75, 3.05) is 6.54 Å². The SMILES string of the molecule is O=C(O)C(C(=O)NCC1CCCCC1)c1ccccc1. The van der Waals surface area contributed by atoms with Gasteiger partial charge in [-0.15, -0.1) is 0 Å². The van der Waals surface area contributed by atoms with Gasteiger partial charge in [-0.2, -0.15) is 0 Å². The van der Waals surface area contributed by atoms with Gasteiger partial charge in [-0.3, -0.25) is 9.59 Å². The average molecular weight is 275 g/mol. The van der Waals surface area contributed by atoms with Crippen LogP contribution in [0.2, 0.25) is 0 Å². The number of rotatable bonds is 5. The van der Waals surface area contributed by atoms with E-state index in [0.717, 1.165) is 12.8 Å². The molecule has 1 fully saturated rings. The highest BCUT2D eigenvalue weighted by molar-refractivity contribution is 6.02. The van der Waals surface area contributed by atoms with E-state index < -0.39 is 17.8 Å². The molecule has 2 N–H and O–H groups in total. The zero-order valence-corrected chi connectivity index (χ0v) is 11.5. The van der Waals surface area contributed by atoms with Crippen LogP contribution in [0.5, 0.6) is 0 Å². The molecule has 0 saturated heterocycles. The summed E-state index contributed by atoms with van der Waals surface area (Å²) >= 11 is 0. The number of amides is 1. The van der Waals surface area contributed by atoms with Gasteiger partial charge in [0.25, 0.3) is 0 Å². The molecular formula is C16H21NO3. The Morgan fingerprint density at radius 3 is 2.40 bits per heavy atom. The summed E-state index contributed by atoms with van der Waals surface area (Å²) in [4.78, 5) is 23.5. The van der Waals surface area contributed by atoms with Crippen molar-refractivity contribution >= 4 is 11.9 Å². The minimum absolute atomic E-state index is 0.408. The molecule has 0 radical (unpaired) electrons. The summed E-state index contributed by atoms with van der Waals surface area (Å²) in [6.45, 7) is 0.593. The molecule has 0 spiro atoms. The van der Waals surface area contributed by atoms with Gasteiger partial charge in [-0.05, 0) is 24.3 Å². The Morgan fingerprint density at radius 2 is 1.80 bits per heavy atom. The second kappa shape index (κ2) is 7.08. The smallest absolute Gasteiger partial charge is 0.320 e. The van der Waals surface area contributed by atoms with Crippen LogP contribution in [0.25, 0.3) is 0 Å². The van der Waals surface area contributed by atoms with Gasteiger partial charge in [0.05, 0.1) is 0 Å². The van der Waals surface area contributed by atoms with Crippen LogP contribution in [0, 0.1) is 5.92 Å². The molecule has 1 atom stereocenters. The molecule has 1 aliphatic rings. The second-order valence-corrected chi connectivity index (χ2v) is 5.43. The van der Waals surface area contributed by atoms with E-state index in [4.69, 9.17) is 0 Å². The van der Waals surface area contributed by atoms with Crippen molar-refractivity contribution in [2.24, 2.45) is 5.92 Å². The summed E-state index contributed by atoms with van der Waals surface area (Å²) in [6.07, 6.45) is 5.95. The minimum atomic E-state index is -1.11. The molecule has 2 rings (SSSR count). The summed E-state index contributed by atoms with van der Waals surface area (Å²) in [6, 6.07) is 8.67. The van der Waals surface area contributed by atoms with Crippen molar-refractivity contribution in [3.8, 4) is 0 Å². The number of carbonyl (C=O) groups excluding carboxylic acids is 1. The first-order valence-corrected chi connectivity index (χ1v) is 7.24. The topological polar surface area (TPSA) is 66.4 Å². The van der Waals surface area contributed by atoms with Crippen LogP contribution in [-0.2, 0) is 9.59 Å². The Hall–Kier alpha value is -1.84. The van der Waals surface area contributed by atoms with Gasteiger partial charge in [0.2, 0.25) is 5.91 Å². The molecular weight excluding hydrogens is 254 g/mol. The maximum atomic E-state index is 12.1. The molecule has 4 nitrogen and oxygen atoms in total. The molecule has 4 heteroatoms. The predicted molar refractivity (Wildman–Crippen MR) is 76.4 cm³/mol. The van der Waals surface area contributed by atoms with Gasteiger partial charge >= 0.3 is 5.97 Å². The highest BCUT2D eigenvalue weighted by Crippen LogP contribution is 2.23. The van der Waals surface area contributed by atoms with Crippen LogP contribution in [0.4, 0.5) is 0 Å². The van der Waals surface area contributed by atoms with E-state index in [9.17, 15) is 14.7 Å². The largest absolute Gasteiger partial charge is 0.480 e. The molecule has 0 aliphatic heterocycles. The van der Waals surface area contributed by atoms with E-state index >= 15 is 0 Å². The third-order valence-corrected chi connectivity index (χ3v) is 3.93. The third-order valence-electron chi connectivity index (χ3n) is 3.93. The zero-order valence-electron chi connectivity index (χ0n) is 11.5. The first-order chi connectivity index (χ1) is 9.68. The number of carboxylic acids is 1. The van der Waals surface area contributed by atoms with Crippen LogP contribution in [0.15, 0.2) is 30.3 Å². The number of nitrogens with one attached hydrogen (secondary N) is 1. The van der Waals surface area contributed by atoms with Crippen LogP contribution in [0.1, 0.15) is 43.6 Å². The molecule has 0 bridgehead atoms. The van der Waals surface area contributed by atoms with E-state index in [0.29, 0.717) is 18.0 Å². The van der Waals surface area contributed by atoms with Gasteiger partial charge in [0.15, 0.2) is 5.92 Å². The lowest BCUT2D eigenvalue weighted by Gasteiger charge is -2.22. The normalized spacial score (nSPS) is 17.4. The van der Waals surface area contributed by atoms with Crippen molar-refractivity contribution in [3.05, 3.63) is 35.9 Å². The number of hydrogen-bond donors (Lipinski definition) is 2. The number of hydrogen-bond acceptors (Lipinski definition) is 2. The first kappa shape index (κ1) is 14.6. The van der Waals surface area contributed by atoms with Gasteiger partial charge in [-0.1, -0.05) is 49.6 Å². The second-order valence-electron chi connectivity index (χ2n) is 5.43. The standard InChI is InChI=1S/C16H21NO3/c18-15(17-11-12-7-3-1-4-8-12)14(16(19)20)13-9-5-2-6-10-13/h2,5-6,9-10,12,14H,1,3-4,7-8,11H2,(H,17,18)(H,19,20). The Labute approximate surface area is 119 Å². The highest BCUT2D eigenvalue weighted by Gasteiger charge is 2.28. The average Bonchev–Trinajstić information content (AvgIpc) is 2.47. The van der Waals surface area contributed by atoms with Gasteiger partial charge < -0.3 is 10.4 Å². The molecule has 108 valence electrons. The lowest BCUT2D eigenvalue weighted by Crippen LogP contribution is -2.37. The minimum Gasteiger partial charge on any atom is -0.480 e. The van der Waals surface area contributed by atoms with E-state index in [2.05, 4.69) is 5.32 Å². The summed E-state index contributed by atoms with van der Waals surface area (Å²) < 4.78 is 0. The number of carboxylic acid groups (broad SMARTS) is 1. The fourth-order valence-corrected chi connectivity index (χ4v) is 2.79. The third kappa shape index (κ3) is 3.83. The molecule has 20 heavy (non-hydrogen) atoms. The number of carbonyl (C=O) groups is 2. The Morgan fingerprint density at radius 1 is 1.15 bits per heavy atom. The van der Waals surface area contributed by atoms with Gasteiger partial charge in [0.1, 0.15) is 0 Å². The van der Waals surface area contributed by atoms with E-state index in [1.54, 1.807) is 24.3 Å². The quantitative estimate of drug-likeness (QED) is 0.812. The van der Waals surface area contributed by atoms with Crippen LogP contribution >= 0.6 is 0 Å². The highest BCUT2D eigenvalue weighted by atomic mass is 16.4. The Balaban J connectivity index is 1.95. The lowest BCUT2D eigenvalue weighted by molar-refractivity contribution is -0.143. The number of aliphatic carboxylic acids is 1. The molecule has 1 aromatic carbocycles. The molecule has 1 aliphatic carbocycles. The molecule has 1 amide bonds. The zero-order chi connectivity index (χ0) is 14.4. The maximum absolute atomic E-state index is 12.1. The van der Waals surface area contributed by atoms with Crippen LogP contribution < -0.4 is 5.32 Å². The van der Waals surface area contributed by atoms with Crippen molar-refractivity contribution in [2.45, 2.75) is 38.0 Å². The molecule has 1 aromatic rings. The summed E-state index contributed by atoms with van der Waals surface area (Å²) in [5.41, 5.74) is 0.529. The Kier molecular flexibility index (Phi) is 5.16. The van der Waals surface area contributed by atoms with Crippen molar-refractivity contribution in [3.63, 3.8) is 0 Å².